The van der Waals surface area contributed by atoms with Gasteiger partial charge in [-0.1, -0.05) is 36.8 Å². The van der Waals surface area contributed by atoms with E-state index in [-0.39, 0.29) is 12.1 Å². The van der Waals surface area contributed by atoms with Gasteiger partial charge in [0.05, 0.1) is 11.8 Å². The van der Waals surface area contributed by atoms with E-state index in [0.29, 0.717) is 19.0 Å². The first-order chi connectivity index (χ1) is 12.1. The summed E-state index contributed by atoms with van der Waals surface area (Å²) in [6, 6.07) is 9.78. The summed E-state index contributed by atoms with van der Waals surface area (Å²) in [7, 11) is 1.88. The standard InChI is InChI=1S/C19H26N4O2/c1-23-13-16(18(22-23)15-7-3-2-4-8-15)12-21-19(25)20-11-14-6-5-9-17(24)10-14/h2-4,7-8,13-14,17,24H,5-6,9-12H2,1H3,(H2,20,21,25). The molecule has 1 aliphatic carbocycles. The third-order valence-electron chi connectivity index (χ3n) is 4.70. The van der Waals surface area contributed by atoms with Crippen molar-refractivity contribution in [2.45, 2.75) is 38.3 Å². The molecule has 0 aliphatic heterocycles. The molecule has 1 heterocycles. The van der Waals surface area contributed by atoms with Gasteiger partial charge in [-0.3, -0.25) is 4.68 Å². The number of hydrogen-bond donors (Lipinski definition) is 3. The molecule has 1 aliphatic rings. The van der Waals surface area contributed by atoms with Crippen molar-refractivity contribution in [3.63, 3.8) is 0 Å². The number of aliphatic hydroxyl groups excluding tert-OH is 1. The van der Waals surface area contributed by atoms with Crippen molar-refractivity contribution in [2.75, 3.05) is 6.54 Å². The second kappa shape index (κ2) is 8.16. The van der Waals surface area contributed by atoms with Crippen LogP contribution in [0.2, 0.25) is 0 Å². The molecular weight excluding hydrogens is 316 g/mol. The Morgan fingerprint density at radius 2 is 2.08 bits per heavy atom. The van der Waals surface area contributed by atoms with E-state index >= 15 is 0 Å². The van der Waals surface area contributed by atoms with Crippen LogP contribution in [0.25, 0.3) is 11.3 Å². The van der Waals surface area contributed by atoms with Gasteiger partial charge >= 0.3 is 6.03 Å². The van der Waals surface area contributed by atoms with E-state index in [2.05, 4.69) is 15.7 Å². The van der Waals surface area contributed by atoms with Crippen LogP contribution in [0.1, 0.15) is 31.2 Å². The number of urea groups is 1. The lowest BCUT2D eigenvalue weighted by molar-refractivity contribution is 0.101. The summed E-state index contributed by atoms with van der Waals surface area (Å²) in [5.74, 6) is 0.368. The maximum atomic E-state index is 12.1. The van der Waals surface area contributed by atoms with Crippen molar-refractivity contribution in [2.24, 2.45) is 13.0 Å². The summed E-state index contributed by atoms with van der Waals surface area (Å²) in [5, 5.41) is 20.0. The molecule has 0 saturated heterocycles. The van der Waals surface area contributed by atoms with Crippen molar-refractivity contribution in [1.29, 1.82) is 0 Å². The van der Waals surface area contributed by atoms with Crippen molar-refractivity contribution in [3.8, 4) is 11.3 Å². The van der Waals surface area contributed by atoms with Gasteiger partial charge in [0.1, 0.15) is 0 Å². The van der Waals surface area contributed by atoms with E-state index in [1.165, 1.54) is 0 Å². The van der Waals surface area contributed by atoms with Crippen molar-refractivity contribution < 1.29 is 9.90 Å². The van der Waals surface area contributed by atoms with Crippen LogP contribution < -0.4 is 10.6 Å². The molecule has 134 valence electrons. The second-order valence-corrected chi connectivity index (χ2v) is 6.79. The predicted molar refractivity (Wildman–Crippen MR) is 96.8 cm³/mol. The molecular formula is C19H26N4O2. The molecule has 2 amide bonds. The minimum Gasteiger partial charge on any atom is -0.393 e. The zero-order valence-corrected chi connectivity index (χ0v) is 14.6. The van der Waals surface area contributed by atoms with E-state index < -0.39 is 0 Å². The van der Waals surface area contributed by atoms with Crippen LogP contribution in [0.4, 0.5) is 4.79 Å². The lowest BCUT2D eigenvalue weighted by atomic mass is 9.87. The first-order valence-electron chi connectivity index (χ1n) is 8.89. The number of amides is 2. The molecule has 0 spiro atoms. The highest BCUT2D eigenvalue weighted by atomic mass is 16.3. The fraction of sp³-hybridized carbons (Fsp3) is 0.474. The van der Waals surface area contributed by atoms with Gasteiger partial charge in [0.2, 0.25) is 0 Å². The molecule has 2 unspecified atom stereocenters. The van der Waals surface area contributed by atoms with Crippen LogP contribution in [0, 0.1) is 5.92 Å². The summed E-state index contributed by atoms with van der Waals surface area (Å²) in [6.07, 6.45) is 5.48. The Hall–Kier alpha value is -2.34. The highest BCUT2D eigenvalue weighted by molar-refractivity contribution is 5.74. The van der Waals surface area contributed by atoms with E-state index in [9.17, 15) is 9.90 Å². The van der Waals surface area contributed by atoms with Crippen LogP contribution in [0.5, 0.6) is 0 Å². The van der Waals surface area contributed by atoms with Crippen LogP contribution >= 0.6 is 0 Å². The molecule has 6 heteroatoms. The molecule has 0 bridgehead atoms. The number of nitrogens with one attached hydrogen (secondary N) is 2. The molecule has 1 aromatic carbocycles. The Morgan fingerprint density at radius 1 is 1.28 bits per heavy atom. The molecule has 1 fully saturated rings. The highest BCUT2D eigenvalue weighted by Gasteiger charge is 2.20. The number of rotatable bonds is 5. The highest BCUT2D eigenvalue weighted by Crippen LogP contribution is 2.23. The number of aromatic nitrogens is 2. The number of aliphatic hydroxyl groups is 1. The molecule has 6 nitrogen and oxygen atoms in total. The van der Waals surface area contributed by atoms with Crippen LogP contribution in [0.3, 0.4) is 0 Å². The normalized spacial score (nSPS) is 20.2. The quantitative estimate of drug-likeness (QED) is 0.781. The Labute approximate surface area is 148 Å². The molecule has 0 radical (unpaired) electrons. The van der Waals surface area contributed by atoms with Crippen molar-refractivity contribution in [1.82, 2.24) is 20.4 Å². The van der Waals surface area contributed by atoms with E-state index in [1.54, 1.807) is 4.68 Å². The number of carbonyl (C=O) groups is 1. The predicted octanol–water partition coefficient (Wildman–Crippen LogP) is 2.44. The number of carbonyl (C=O) groups excluding carboxylic acids is 1. The first-order valence-corrected chi connectivity index (χ1v) is 8.89. The lowest BCUT2D eigenvalue weighted by Gasteiger charge is -2.25. The van der Waals surface area contributed by atoms with Gasteiger partial charge < -0.3 is 15.7 Å². The summed E-state index contributed by atoms with van der Waals surface area (Å²) in [5.41, 5.74) is 2.91. The molecule has 25 heavy (non-hydrogen) atoms. The summed E-state index contributed by atoms with van der Waals surface area (Å²) < 4.78 is 1.76. The Morgan fingerprint density at radius 3 is 2.84 bits per heavy atom. The minimum atomic E-state index is -0.215. The van der Waals surface area contributed by atoms with Crippen molar-refractivity contribution in [3.05, 3.63) is 42.1 Å². The third-order valence-corrected chi connectivity index (χ3v) is 4.70. The van der Waals surface area contributed by atoms with E-state index in [0.717, 1.165) is 42.5 Å². The molecule has 1 saturated carbocycles. The lowest BCUT2D eigenvalue weighted by Crippen LogP contribution is -2.39. The SMILES string of the molecule is Cn1cc(CNC(=O)NCC2CCCC(O)C2)c(-c2ccccc2)n1. The number of hydrogen-bond acceptors (Lipinski definition) is 3. The minimum absolute atomic E-state index is 0.178. The fourth-order valence-electron chi connectivity index (χ4n) is 3.43. The Kier molecular flexibility index (Phi) is 5.71. The Balaban J connectivity index is 1.52. The van der Waals surface area contributed by atoms with Crippen molar-refractivity contribution >= 4 is 6.03 Å². The van der Waals surface area contributed by atoms with Crippen LogP contribution in [-0.2, 0) is 13.6 Å². The largest absolute Gasteiger partial charge is 0.393 e. The van der Waals surface area contributed by atoms with Gasteiger partial charge in [0.15, 0.2) is 0 Å². The molecule has 1 aromatic heterocycles. The maximum Gasteiger partial charge on any atom is 0.315 e. The second-order valence-electron chi connectivity index (χ2n) is 6.79. The maximum absolute atomic E-state index is 12.1. The van der Waals surface area contributed by atoms with Gasteiger partial charge in [-0.05, 0) is 25.2 Å². The average molecular weight is 342 g/mol. The Bertz CT molecular complexity index is 699. The molecule has 2 aromatic rings. The van der Waals surface area contributed by atoms with Gasteiger partial charge in [-0.25, -0.2) is 4.79 Å². The van der Waals surface area contributed by atoms with Gasteiger partial charge in [0, 0.05) is 37.5 Å². The monoisotopic (exact) mass is 342 g/mol. The van der Waals surface area contributed by atoms with Crippen LogP contribution in [-0.4, -0.2) is 33.6 Å². The summed E-state index contributed by atoms with van der Waals surface area (Å²) in [4.78, 5) is 12.1. The number of aryl methyl sites for hydroxylation is 1. The number of nitrogens with zero attached hydrogens (tertiary/aromatic N) is 2. The molecule has 2 atom stereocenters. The van der Waals surface area contributed by atoms with Gasteiger partial charge in [0.25, 0.3) is 0 Å². The fourth-order valence-corrected chi connectivity index (χ4v) is 3.43. The van der Waals surface area contributed by atoms with Crippen LogP contribution in [0.15, 0.2) is 36.5 Å². The third kappa shape index (κ3) is 4.82. The zero-order chi connectivity index (χ0) is 17.6. The summed E-state index contributed by atoms with van der Waals surface area (Å²) >= 11 is 0. The molecule has 3 rings (SSSR count). The first kappa shape index (κ1) is 17.5. The van der Waals surface area contributed by atoms with Gasteiger partial charge in [-0.2, -0.15) is 5.10 Å². The topological polar surface area (TPSA) is 79.2 Å². The summed E-state index contributed by atoms with van der Waals surface area (Å²) in [6.45, 7) is 1.04. The smallest absolute Gasteiger partial charge is 0.315 e. The average Bonchev–Trinajstić information content (AvgIpc) is 3.00. The zero-order valence-electron chi connectivity index (χ0n) is 14.6. The number of benzene rings is 1. The molecule has 3 N–H and O–H groups in total. The van der Waals surface area contributed by atoms with E-state index in [4.69, 9.17) is 0 Å². The van der Waals surface area contributed by atoms with Gasteiger partial charge in [-0.15, -0.1) is 0 Å². The van der Waals surface area contributed by atoms with E-state index in [1.807, 2.05) is 43.6 Å².